The molecular weight excluding hydrogens is 364 g/mol. The maximum atomic E-state index is 12.7. The lowest BCUT2D eigenvalue weighted by molar-refractivity contribution is -0.131. The second-order valence-corrected chi connectivity index (χ2v) is 7.51. The Balaban J connectivity index is 1.32. The largest absolute Gasteiger partial charge is 0.497 e. The van der Waals surface area contributed by atoms with Gasteiger partial charge in [0.15, 0.2) is 0 Å². The van der Waals surface area contributed by atoms with Gasteiger partial charge in [0, 0.05) is 25.2 Å². The van der Waals surface area contributed by atoms with Crippen molar-refractivity contribution in [2.45, 2.75) is 25.7 Å². The van der Waals surface area contributed by atoms with Crippen molar-refractivity contribution >= 4 is 5.91 Å². The molecule has 0 unspecified atom stereocenters. The number of likely N-dealkylation sites (tertiary alicyclic amines) is 1. The molecule has 2 aromatic carbocycles. The van der Waals surface area contributed by atoms with E-state index >= 15 is 0 Å². The zero-order chi connectivity index (χ0) is 20.1. The van der Waals surface area contributed by atoms with Crippen LogP contribution in [0.15, 0.2) is 60.9 Å². The van der Waals surface area contributed by atoms with E-state index in [1.165, 1.54) is 0 Å². The van der Waals surface area contributed by atoms with Crippen LogP contribution in [0.5, 0.6) is 5.75 Å². The van der Waals surface area contributed by atoms with Crippen LogP contribution in [0.1, 0.15) is 24.2 Å². The maximum Gasteiger partial charge on any atom is 0.226 e. The number of carbonyl (C=O) groups is 1. The molecule has 0 atom stereocenters. The first-order valence-electron chi connectivity index (χ1n) is 10.1. The van der Waals surface area contributed by atoms with Crippen molar-refractivity contribution < 1.29 is 9.53 Å². The second kappa shape index (κ2) is 8.90. The molecule has 1 aromatic heterocycles. The van der Waals surface area contributed by atoms with Crippen LogP contribution < -0.4 is 4.74 Å². The molecule has 6 nitrogen and oxygen atoms in total. The highest BCUT2D eigenvalue weighted by Gasteiger charge is 2.24. The lowest BCUT2D eigenvalue weighted by atomic mass is 9.93. The molecule has 4 rings (SSSR count). The van der Waals surface area contributed by atoms with Crippen LogP contribution in [-0.4, -0.2) is 45.8 Å². The molecule has 1 amide bonds. The van der Waals surface area contributed by atoms with Gasteiger partial charge in [-0.2, -0.15) is 0 Å². The smallest absolute Gasteiger partial charge is 0.226 e. The fourth-order valence-electron chi connectivity index (χ4n) is 3.92. The number of hydrogen-bond acceptors (Lipinski definition) is 4. The summed E-state index contributed by atoms with van der Waals surface area (Å²) in [5.41, 5.74) is 2.07. The molecule has 1 saturated heterocycles. The van der Waals surface area contributed by atoms with E-state index in [1.54, 1.807) is 13.4 Å². The number of rotatable bonds is 6. The van der Waals surface area contributed by atoms with E-state index in [9.17, 15) is 4.79 Å². The highest BCUT2D eigenvalue weighted by molar-refractivity contribution is 5.79. The van der Waals surface area contributed by atoms with Crippen molar-refractivity contribution in [2.75, 3.05) is 20.2 Å². The number of aromatic nitrogens is 3. The minimum Gasteiger partial charge on any atom is -0.497 e. The topological polar surface area (TPSA) is 60.2 Å². The van der Waals surface area contributed by atoms with E-state index in [4.69, 9.17) is 4.74 Å². The average Bonchev–Trinajstić information content (AvgIpc) is 3.23. The quantitative estimate of drug-likeness (QED) is 0.648. The molecule has 0 N–H and O–H groups in total. The number of hydrogen-bond donors (Lipinski definition) is 0. The fourth-order valence-corrected chi connectivity index (χ4v) is 3.92. The molecule has 0 spiro atoms. The molecule has 1 aliphatic heterocycles. The van der Waals surface area contributed by atoms with Crippen molar-refractivity contribution in [2.24, 2.45) is 5.92 Å². The summed E-state index contributed by atoms with van der Waals surface area (Å²) >= 11 is 0. The third kappa shape index (κ3) is 4.65. The van der Waals surface area contributed by atoms with Gasteiger partial charge in [-0.15, -0.1) is 10.2 Å². The van der Waals surface area contributed by atoms with Crippen LogP contribution in [0.25, 0.3) is 5.69 Å². The summed E-state index contributed by atoms with van der Waals surface area (Å²) in [6.07, 6.45) is 5.06. The van der Waals surface area contributed by atoms with Gasteiger partial charge in [-0.3, -0.25) is 9.36 Å². The van der Waals surface area contributed by atoms with Crippen molar-refractivity contribution in [3.05, 3.63) is 72.3 Å². The Morgan fingerprint density at radius 2 is 1.90 bits per heavy atom. The number of nitrogens with zero attached hydrogens (tertiary/aromatic N) is 4. The van der Waals surface area contributed by atoms with Crippen LogP contribution in [0, 0.1) is 5.92 Å². The number of benzene rings is 2. The number of methoxy groups -OCH3 is 1. The first kappa shape index (κ1) is 19.2. The minimum absolute atomic E-state index is 0.184. The molecule has 1 aliphatic rings. The summed E-state index contributed by atoms with van der Waals surface area (Å²) in [4.78, 5) is 14.7. The molecule has 0 radical (unpaired) electrons. The third-order valence-electron chi connectivity index (χ3n) is 5.58. The SMILES string of the molecule is COc1cccc(CC(=O)N2CCC(Cc3nncn3-c3ccccc3)CC2)c1. The molecule has 6 heteroatoms. The fraction of sp³-hybridized carbons (Fsp3) is 0.348. The van der Waals surface area contributed by atoms with Gasteiger partial charge in [0.25, 0.3) is 0 Å². The van der Waals surface area contributed by atoms with Gasteiger partial charge < -0.3 is 9.64 Å². The average molecular weight is 390 g/mol. The van der Waals surface area contributed by atoms with Crippen LogP contribution in [-0.2, 0) is 17.6 Å². The Labute approximate surface area is 171 Å². The Morgan fingerprint density at radius 1 is 1.10 bits per heavy atom. The molecular formula is C23H26N4O2. The lowest BCUT2D eigenvalue weighted by Gasteiger charge is -2.32. The maximum absolute atomic E-state index is 12.7. The Hall–Kier alpha value is -3.15. The molecule has 3 aromatic rings. The minimum atomic E-state index is 0.184. The Kier molecular flexibility index (Phi) is 5.89. The zero-order valence-corrected chi connectivity index (χ0v) is 16.7. The summed E-state index contributed by atoms with van der Waals surface area (Å²) in [5, 5.41) is 8.44. The van der Waals surface area contributed by atoms with E-state index in [-0.39, 0.29) is 5.91 Å². The highest BCUT2D eigenvalue weighted by Crippen LogP contribution is 2.23. The molecule has 150 valence electrons. The van der Waals surface area contributed by atoms with E-state index in [1.807, 2.05) is 47.4 Å². The number of ether oxygens (including phenoxy) is 1. The van der Waals surface area contributed by atoms with Crippen molar-refractivity contribution in [3.8, 4) is 11.4 Å². The molecule has 2 heterocycles. The van der Waals surface area contributed by atoms with Gasteiger partial charge in [0.1, 0.15) is 17.9 Å². The van der Waals surface area contributed by atoms with Gasteiger partial charge in [-0.25, -0.2) is 0 Å². The van der Waals surface area contributed by atoms with E-state index in [0.29, 0.717) is 12.3 Å². The molecule has 0 bridgehead atoms. The monoisotopic (exact) mass is 390 g/mol. The summed E-state index contributed by atoms with van der Waals surface area (Å²) < 4.78 is 7.31. The third-order valence-corrected chi connectivity index (χ3v) is 5.58. The standard InChI is InChI=1S/C23H26N4O2/c1-29-21-9-5-6-19(14-21)16-23(28)26-12-10-18(11-13-26)15-22-25-24-17-27(22)20-7-3-2-4-8-20/h2-9,14,17-18H,10-13,15-16H2,1H3. The van der Waals surface area contributed by atoms with Gasteiger partial charge >= 0.3 is 0 Å². The summed E-state index contributed by atoms with van der Waals surface area (Å²) in [5.74, 6) is 2.47. The molecule has 29 heavy (non-hydrogen) atoms. The van der Waals surface area contributed by atoms with Crippen LogP contribution in [0.2, 0.25) is 0 Å². The molecule has 1 fully saturated rings. The van der Waals surface area contributed by atoms with Crippen LogP contribution >= 0.6 is 0 Å². The van der Waals surface area contributed by atoms with E-state index in [0.717, 1.165) is 55.2 Å². The summed E-state index contributed by atoms with van der Waals surface area (Å²) in [6.45, 7) is 1.60. The first-order valence-corrected chi connectivity index (χ1v) is 10.1. The van der Waals surface area contributed by atoms with Crippen LogP contribution in [0.4, 0.5) is 0 Å². The van der Waals surface area contributed by atoms with Crippen molar-refractivity contribution in [1.82, 2.24) is 19.7 Å². The van der Waals surface area contributed by atoms with Gasteiger partial charge in [0.05, 0.1) is 13.5 Å². The zero-order valence-electron chi connectivity index (χ0n) is 16.7. The van der Waals surface area contributed by atoms with Gasteiger partial charge in [-0.05, 0) is 48.6 Å². The molecule has 0 saturated carbocycles. The number of piperidine rings is 1. The predicted octanol–water partition coefficient (Wildman–Crippen LogP) is 3.30. The summed E-state index contributed by atoms with van der Waals surface area (Å²) in [6, 6.07) is 17.9. The number of amides is 1. The summed E-state index contributed by atoms with van der Waals surface area (Å²) in [7, 11) is 1.64. The Bertz CT molecular complexity index is 946. The van der Waals surface area contributed by atoms with Gasteiger partial charge in [0.2, 0.25) is 5.91 Å². The normalized spacial score (nSPS) is 14.7. The van der Waals surface area contributed by atoms with Crippen molar-refractivity contribution in [1.29, 1.82) is 0 Å². The van der Waals surface area contributed by atoms with Crippen molar-refractivity contribution in [3.63, 3.8) is 0 Å². The predicted molar refractivity (Wildman–Crippen MR) is 111 cm³/mol. The van der Waals surface area contributed by atoms with Crippen LogP contribution in [0.3, 0.4) is 0 Å². The number of carbonyl (C=O) groups excluding carboxylic acids is 1. The van der Waals surface area contributed by atoms with E-state index in [2.05, 4.69) is 26.9 Å². The molecule has 0 aliphatic carbocycles. The first-order chi connectivity index (χ1) is 14.2. The van der Waals surface area contributed by atoms with Gasteiger partial charge in [-0.1, -0.05) is 30.3 Å². The van der Waals surface area contributed by atoms with E-state index < -0.39 is 0 Å². The number of para-hydroxylation sites is 1. The second-order valence-electron chi connectivity index (χ2n) is 7.51. The highest BCUT2D eigenvalue weighted by atomic mass is 16.5. The lowest BCUT2D eigenvalue weighted by Crippen LogP contribution is -2.39. The Morgan fingerprint density at radius 3 is 2.66 bits per heavy atom.